The number of methoxy groups -OCH3 is 1. The van der Waals surface area contributed by atoms with Crippen LogP contribution in [-0.2, 0) is 24.3 Å². The lowest BCUT2D eigenvalue weighted by Crippen LogP contribution is -2.37. The Morgan fingerprint density at radius 3 is 2.33 bits per heavy atom. The number of carbonyl (C=O) groups excluding carboxylic acids is 2. The van der Waals surface area contributed by atoms with Crippen LogP contribution in [0.5, 0.6) is 0 Å². The van der Waals surface area contributed by atoms with Gasteiger partial charge in [-0.25, -0.2) is 13.2 Å². The third kappa shape index (κ3) is 4.65. The highest BCUT2D eigenvalue weighted by atomic mass is 32.2. The van der Waals surface area contributed by atoms with Gasteiger partial charge in [-0.3, -0.25) is 9.10 Å². The number of rotatable bonds is 7. The molecule has 2 aromatic rings. The highest BCUT2D eigenvalue weighted by Crippen LogP contribution is 2.28. The van der Waals surface area contributed by atoms with Gasteiger partial charge in [-0.1, -0.05) is 24.3 Å². The number of ether oxygens (including phenoxy) is 2. The fourth-order valence-electron chi connectivity index (χ4n) is 2.42. The van der Waals surface area contributed by atoms with E-state index < -0.39 is 28.5 Å². The van der Waals surface area contributed by atoms with Crippen LogP contribution in [0, 0.1) is 6.92 Å². The van der Waals surface area contributed by atoms with Crippen molar-refractivity contribution in [1.82, 2.24) is 0 Å². The zero-order valence-corrected chi connectivity index (χ0v) is 16.2. The van der Waals surface area contributed by atoms with Gasteiger partial charge in [0.15, 0.2) is 0 Å². The molecule has 0 unspecified atom stereocenters. The molecule has 0 spiro atoms. The van der Waals surface area contributed by atoms with Gasteiger partial charge in [0.1, 0.15) is 6.54 Å². The SMILES string of the molecule is CCOC(=O)c1ccc(C)c(N(CC(=O)OC)S(=O)(=O)c2ccccc2)c1. The lowest BCUT2D eigenvalue weighted by atomic mass is 10.1. The molecule has 0 heterocycles. The molecule has 2 aromatic carbocycles. The summed E-state index contributed by atoms with van der Waals surface area (Å²) in [6, 6.07) is 12.3. The first-order valence-electron chi connectivity index (χ1n) is 8.23. The Bertz CT molecular complexity index is 924. The fraction of sp³-hybridized carbons (Fsp3) is 0.263. The van der Waals surface area contributed by atoms with E-state index in [9.17, 15) is 18.0 Å². The first-order valence-corrected chi connectivity index (χ1v) is 9.67. The molecular weight excluding hydrogens is 370 g/mol. The molecule has 0 radical (unpaired) electrons. The van der Waals surface area contributed by atoms with Crippen LogP contribution in [0.15, 0.2) is 53.4 Å². The molecule has 0 amide bonds. The number of nitrogens with zero attached hydrogens (tertiary/aromatic N) is 1. The normalized spacial score (nSPS) is 10.9. The van der Waals surface area contributed by atoms with Crippen molar-refractivity contribution < 1.29 is 27.5 Å². The Morgan fingerprint density at radius 2 is 1.74 bits per heavy atom. The minimum Gasteiger partial charge on any atom is -0.468 e. The van der Waals surface area contributed by atoms with Crippen LogP contribution < -0.4 is 4.31 Å². The second-order valence-electron chi connectivity index (χ2n) is 5.62. The second kappa shape index (κ2) is 8.68. The third-order valence-corrected chi connectivity index (χ3v) is 5.59. The van der Waals surface area contributed by atoms with E-state index >= 15 is 0 Å². The van der Waals surface area contributed by atoms with Gasteiger partial charge >= 0.3 is 11.9 Å². The van der Waals surface area contributed by atoms with Crippen LogP contribution in [0.1, 0.15) is 22.8 Å². The second-order valence-corrected chi connectivity index (χ2v) is 7.48. The summed E-state index contributed by atoms with van der Waals surface area (Å²) in [6.45, 7) is 3.03. The Labute approximate surface area is 158 Å². The van der Waals surface area contributed by atoms with Gasteiger partial charge in [0.25, 0.3) is 10.0 Å². The average Bonchev–Trinajstić information content (AvgIpc) is 2.67. The van der Waals surface area contributed by atoms with Crippen molar-refractivity contribution in [3.8, 4) is 0 Å². The van der Waals surface area contributed by atoms with Crippen molar-refractivity contribution in [3.63, 3.8) is 0 Å². The molecule has 0 N–H and O–H groups in total. The molecule has 0 aliphatic carbocycles. The number of anilines is 1. The quantitative estimate of drug-likeness (QED) is 0.674. The molecule has 7 nitrogen and oxygen atoms in total. The number of carbonyl (C=O) groups is 2. The zero-order valence-electron chi connectivity index (χ0n) is 15.3. The topological polar surface area (TPSA) is 90.0 Å². The fourth-order valence-corrected chi connectivity index (χ4v) is 3.91. The lowest BCUT2D eigenvalue weighted by Gasteiger charge is -2.25. The van der Waals surface area contributed by atoms with Crippen LogP contribution in [0.4, 0.5) is 5.69 Å². The molecule has 0 aromatic heterocycles. The van der Waals surface area contributed by atoms with E-state index in [1.165, 1.54) is 25.3 Å². The molecule has 0 bridgehead atoms. The molecule has 27 heavy (non-hydrogen) atoms. The minimum absolute atomic E-state index is 0.0230. The summed E-state index contributed by atoms with van der Waals surface area (Å²) in [5.74, 6) is -1.30. The molecule has 0 atom stereocenters. The minimum atomic E-state index is -4.06. The van der Waals surface area contributed by atoms with E-state index in [2.05, 4.69) is 4.74 Å². The molecule has 144 valence electrons. The Morgan fingerprint density at radius 1 is 1.07 bits per heavy atom. The summed E-state index contributed by atoms with van der Waals surface area (Å²) in [5, 5.41) is 0. The van der Waals surface area contributed by atoms with Crippen molar-refractivity contribution in [1.29, 1.82) is 0 Å². The first-order chi connectivity index (χ1) is 12.8. The number of sulfonamides is 1. The maximum Gasteiger partial charge on any atom is 0.338 e. The molecule has 0 saturated heterocycles. The summed E-state index contributed by atoms with van der Waals surface area (Å²) in [7, 11) is -2.88. The smallest absolute Gasteiger partial charge is 0.338 e. The molecule has 2 rings (SSSR count). The maximum absolute atomic E-state index is 13.1. The van der Waals surface area contributed by atoms with E-state index in [4.69, 9.17) is 4.74 Å². The van der Waals surface area contributed by atoms with Gasteiger partial charge in [0.2, 0.25) is 0 Å². The number of hydrogen-bond acceptors (Lipinski definition) is 6. The summed E-state index contributed by atoms with van der Waals surface area (Å²) in [6.07, 6.45) is 0. The van der Waals surface area contributed by atoms with E-state index in [1.807, 2.05) is 0 Å². The summed E-state index contributed by atoms with van der Waals surface area (Å²) >= 11 is 0. The van der Waals surface area contributed by atoms with Crippen LogP contribution in [0.3, 0.4) is 0 Å². The van der Waals surface area contributed by atoms with Gasteiger partial charge < -0.3 is 9.47 Å². The largest absolute Gasteiger partial charge is 0.468 e. The molecular formula is C19H21NO6S. The van der Waals surface area contributed by atoms with Gasteiger partial charge in [-0.2, -0.15) is 0 Å². The average molecular weight is 391 g/mol. The first kappa shape index (κ1) is 20.4. The Kier molecular flexibility index (Phi) is 6.57. The van der Waals surface area contributed by atoms with E-state index in [1.54, 1.807) is 44.2 Å². The Hall–Kier alpha value is -2.87. The van der Waals surface area contributed by atoms with Crippen molar-refractivity contribution in [2.75, 3.05) is 24.6 Å². The van der Waals surface area contributed by atoms with Crippen molar-refractivity contribution in [2.24, 2.45) is 0 Å². The molecule has 8 heteroatoms. The number of esters is 2. The monoisotopic (exact) mass is 391 g/mol. The highest BCUT2D eigenvalue weighted by molar-refractivity contribution is 7.92. The standard InChI is InChI=1S/C19H21NO6S/c1-4-26-19(22)15-11-10-14(2)17(12-15)20(13-18(21)25-3)27(23,24)16-8-6-5-7-9-16/h5-12H,4,13H2,1-3H3. The highest BCUT2D eigenvalue weighted by Gasteiger charge is 2.29. The molecule has 0 aliphatic rings. The van der Waals surface area contributed by atoms with Crippen LogP contribution >= 0.6 is 0 Å². The predicted molar refractivity (Wildman–Crippen MR) is 100 cm³/mol. The molecule has 0 fully saturated rings. The van der Waals surface area contributed by atoms with Gasteiger partial charge in [-0.05, 0) is 43.7 Å². The van der Waals surface area contributed by atoms with Crippen molar-refractivity contribution >= 4 is 27.6 Å². The third-order valence-electron chi connectivity index (χ3n) is 3.82. The van der Waals surface area contributed by atoms with Gasteiger partial charge in [-0.15, -0.1) is 0 Å². The molecule has 0 saturated carbocycles. The summed E-state index contributed by atoms with van der Waals surface area (Å²) < 4.78 is 36.9. The van der Waals surface area contributed by atoms with Gasteiger partial charge in [0, 0.05) is 0 Å². The number of benzene rings is 2. The lowest BCUT2D eigenvalue weighted by molar-refractivity contribution is -0.138. The van der Waals surface area contributed by atoms with Crippen molar-refractivity contribution in [3.05, 3.63) is 59.7 Å². The van der Waals surface area contributed by atoms with E-state index in [-0.39, 0.29) is 22.8 Å². The number of hydrogen-bond donors (Lipinski definition) is 0. The summed E-state index contributed by atoms with van der Waals surface area (Å²) in [4.78, 5) is 24.0. The summed E-state index contributed by atoms with van der Waals surface area (Å²) in [5.41, 5.74) is 0.969. The zero-order chi connectivity index (χ0) is 20.0. The Balaban J connectivity index is 2.60. The van der Waals surface area contributed by atoms with Crippen LogP contribution in [-0.4, -0.2) is 40.6 Å². The van der Waals surface area contributed by atoms with Crippen molar-refractivity contribution in [2.45, 2.75) is 18.7 Å². The van der Waals surface area contributed by atoms with E-state index in [0.717, 1.165) is 4.31 Å². The number of aryl methyl sites for hydroxylation is 1. The van der Waals surface area contributed by atoms with Gasteiger partial charge in [0.05, 0.1) is 29.9 Å². The molecule has 0 aliphatic heterocycles. The van der Waals surface area contributed by atoms with E-state index in [0.29, 0.717) is 5.56 Å². The van der Waals surface area contributed by atoms with Crippen LogP contribution in [0.2, 0.25) is 0 Å². The maximum atomic E-state index is 13.1. The van der Waals surface area contributed by atoms with Crippen LogP contribution in [0.25, 0.3) is 0 Å². The predicted octanol–water partition coefficient (Wildman–Crippen LogP) is 2.54.